The van der Waals surface area contributed by atoms with Crippen molar-refractivity contribution in [1.82, 2.24) is 14.7 Å². The second-order valence-corrected chi connectivity index (χ2v) is 9.04. The van der Waals surface area contributed by atoms with Gasteiger partial charge in [-0.05, 0) is 49.7 Å². The van der Waals surface area contributed by atoms with Gasteiger partial charge in [0.15, 0.2) is 0 Å². The van der Waals surface area contributed by atoms with Crippen LogP contribution in [0.2, 0.25) is 0 Å². The van der Waals surface area contributed by atoms with Crippen molar-refractivity contribution in [1.29, 1.82) is 0 Å². The number of nitrogens with zero attached hydrogens (tertiary/aromatic N) is 5. The highest BCUT2D eigenvalue weighted by Gasteiger charge is 2.14. The molecular formula is C27H35N5O4. The number of anilines is 1. The van der Waals surface area contributed by atoms with Gasteiger partial charge in [0.25, 0.3) is 11.2 Å². The van der Waals surface area contributed by atoms with Crippen molar-refractivity contribution < 1.29 is 10.0 Å². The topological polar surface area (TPSA) is 105 Å². The highest BCUT2D eigenvalue weighted by Crippen LogP contribution is 2.30. The highest BCUT2D eigenvalue weighted by molar-refractivity contribution is 5.69. The monoisotopic (exact) mass is 493 g/mol. The van der Waals surface area contributed by atoms with Crippen LogP contribution in [-0.2, 0) is 13.1 Å². The molecule has 1 aromatic heterocycles. The lowest BCUT2D eigenvalue weighted by Crippen LogP contribution is -2.25. The molecule has 0 radical (unpaired) electrons. The van der Waals surface area contributed by atoms with Crippen molar-refractivity contribution in [3.05, 3.63) is 80.6 Å². The molecule has 9 nitrogen and oxygen atoms in total. The number of phenols is 1. The molecule has 2 aromatic carbocycles. The third-order valence-corrected chi connectivity index (χ3v) is 6.24. The van der Waals surface area contributed by atoms with E-state index in [0.717, 1.165) is 45.3 Å². The number of unbranched alkanes of at least 4 members (excludes halogenated alkanes) is 3. The van der Waals surface area contributed by atoms with Crippen molar-refractivity contribution in [3.63, 3.8) is 0 Å². The Morgan fingerprint density at radius 2 is 1.78 bits per heavy atom. The Balaban J connectivity index is 1.51. The van der Waals surface area contributed by atoms with Crippen molar-refractivity contribution >= 4 is 11.4 Å². The van der Waals surface area contributed by atoms with Gasteiger partial charge in [0, 0.05) is 51.1 Å². The van der Waals surface area contributed by atoms with Gasteiger partial charge < -0.3 is 10.0 Å². The standard InChI is InChI=1S/C27H35N5O4/c1-4-30(20-21-11-7-8-12-25(21)29(2)3)17-9-5-6-10-18-31-27(34)16-14-24(28-31)23-19-22(32(35)36)13-15-26(23)33/h7-8,11-16,19,33H,4-6,9-10,17-18,20H2,1-3H3. The van der Waals surface area contributed by atoms with Gasteiger partial charge in [-0.25, -0.2) is 4.68 Å². The van der Waals surface area contributed by atoms with E-state index in [2.05, 4.69) is 60.2 Å². The largest absolute Gasteiger partial charge is 0.507 e. The molecule has 192 valence electrons. The number of non-ortho nitro benzene ring substituents is 1. The van der Waals surface area contributed by atoms with Crippen molar-refractivity contribution in [3.8, 4) is 17.0 Å². The van der Waals surface area contributed by atoms with Gasteiger partial charge in [0.05, 0.1) is 16.2 Å². The second kappa shape index (κ2) is 12.8. The van der Waals surface area contributed by atoms with E-state index < -0.39 is 4.92 Å². The number of aryl methyl sites for hydroxylation is 1. The first-order valence-electron chi connectivity index (χ1n) is 12.3. The lowest BCUT2D eigenvalue weighted by Gasteiger charge is -2.24. The fraction of sp³-hybridized carbons (Fsp3) is 0.407. The molecule has 0 saturated carbocycles. The van der Waals surface area contributed by atoms with Crippen LogP contribution in [-0.4, -0.2) is 51.9 Å². The fourth-order valence-electron chi connectivity index (χ4n) is 4.22. The van der Waals surface area contributed by atoms with E-state index in [4.69, 9.17) is 0 Å². The number of phenolic OH excluding ortho intramolecular Hbond substituents is 1. The molecule has 0 aliphatic rings. The minimum absolute atomic E-state index is 0.119. The third kappa shape index (κ3) is 7.14. The van der Waals surface area contributed by atoms with Crippen molar-refractivity contribution in [2.45, 2.75) is 45.7 Å². The maximum Gasteiger partial charge on any atom is 0.270 e. The predicted molar refractivity (Wildman–Crippen MR) is 142 cm³/mol. The number of hydrogen-bond acceptors (Lipinski definition) is 7. The Morgan fingerprint density at radius 3 is 2.50 bits per heavy atom. The summed E-state index contributed by atoms with van der Waals surface area (Å²) < 4.78 is 1.37. The first kappa shape index (κ1) is 26.9. The summed E-state index contributed by atoms with van der Waals surface area (Å²) in [7, 11) is 4.13. The molecule has 0 fully saturated rings. The highest BCUT2D eigenvalue weighted by atomic mass is 16.6. The zero-order valence-corrected chi connectivity index (χ0v) is 21.3. The van der Waals surface area contributed by atoms with Gasteiger partial charge >= 0.3 is 0 Å². The summed E-state index contributed by atoms with van der Waals surface area (Å²) >= 11 is 0. The number of rotatable bonds is 13. The molecule has 0 amide bonds. The Bertz CT molecular complexity index is 1220. The van der Waals surface area contributed by atoms with Crippen LogP contribution < -0.4 is 10.5 Å². The lowest BCUT2D eigenvalue weighted by atomic mass is 10.1. The van der Waals surface area contributed by atoms with Crippen LogP contribution in [0.25, 0.3) is 11.3 Å². The van der Waals surface area contributed by atoms with Gasteiger partial charge in [-0.2, -0.15) is 5.10 Å². The molecular weight excluding hydrogens is 458 g/mol. The lowest BCUT2D eigenvalue weighted by molar-refractivity contribution is -0.384. The predicted octanol–water partition coefficient (Wildman–Crippen LogP) is 4.67. The second-order valence-electron chi connectivity index (χ2n) is 9.04. The number of aromatic nitrogens is 2. The normalized spacial score (nSPS) is 11.1. The van der Waals surface area contributed by atoms with Crippen LogP contribution in [0.1, 0.15) is 38.2 Å². The Labute approximate surface area is 211 Å². The smallest absolute Gasteiger partial charge is 0.270 e. The number of nitro groups is 1. The van der Waals surface area contributed by atoms with E-state index in [1.807, 2.05) is 0 Å². The molecule has 0 spiro atoms. The zero-order chi connectivity index (χ0) is 26.1. The summed E-state index contributed by atoms with van der Waals surface area (Å²) in [5.74, 6) is -0.119. The molecule has 0 atom stereocenters. The number of nitro benzene ring substituents is 1. The summed E-state index contributed by atoms with van der Waals surface area (Å²) in [6.45, 7) is 5.55. The number of para-hydroxylation sites is 1. The molecule has 3 rings (SSSR count). The van der Waals surface area contributed by atoms with Crippen molar-refractivity contribution in [2.75, 3.05) is 32.1 Å². The van der Waals surface area contributed by atoms with E-state index in [0.29, 0.717) is 12.2 Å². The van der Waals surface area contributed by atoms with Crippen LogP contribution >= 0.6 is 0 Å². The maximum absolute atomic E-state index is 12.3. The van der Waals surface area contributed by atoms with Crippen LogP contribution in [0, 0.1) is 10.1 Å². The quantitative estimate of drug-likeness (QED) is 0.209. The molecule has 9 heteroatoms. The summed E-state index contributed by atoms with van der Waals surface area (Å²) in [5.41, 5.74) is 2.74. The van der Waals surface area contributed by atoms with E-state index >= 15 is 0 Å². The van der Waals surface area contributed by atoms with E-state index in [1.54, 1.807) is 0 Å². The summed E-state index contributed by atoms with van der Waals surface area (Å²) in [6, 6.07) is 15.1. The number of aromatic hydroxyl groups is 1. The van der Waals surface area contributed by atoms with Gasteiger partial charge in [-0.15, -0.1) is 0 Å². The maximum atomic E-state index is 12.3. The SMILES string of the molecule is CCN(CCCCCCn1nc(-c2cc([N+](=O)[O-])ccc2O)ccc1=O)Cc1ccccc1N(C)C. The van der Waals surface area contributed by atoms with E-state index in [1.165, 1.54) is 46.3 Å². The van der Waals surface area contributed by atoms with Gasteiger partial charge in [0.2, 0.25) is 0 Å². The molecule has 0 aliphatic heterocycles. The molecule has 0 unspecified atom stereocenters. The Hall–Kier alpha value is -3.72. The molecule has 3 aromatic rings. The molecule has 1 N–H and O–H groups in total. The van der Waals surface area contributed by atoms with Gasteiger partial charge in [-0.1, -0.05) is 38.0 Å². The summed E-state index contributed by atoms with van der Waals surface area (Å²) in [5, 5.41) is 25.6. The molecule has 36 heavy (non-hydrogen) atoms. The first-order valence-corrected chi connectivity index (χ1v) is 12.3. The zero-order valence-electron chi connectivity index (χ0n) is 21.3. The Morgan fingerprint density at radius 1 is 1.03 bits per heavy atom. The molecule has 0 aliphatic carbocycles. The van der Waals surface area contributed by atoms with Gasteiger partial charge in [-0.3, -0.25) is 19.8 Å². The van der Waals surface area contributed by atoms with Crippen LogP contribution in [0.4, 0.5) is 11.4 Å². The number of hydrogen-bond donors (Lipinski definition) is 1. The Kier molecular flexibility index (Phi) is 9.58. The first-order chi connectivity index (χ1) is 17.3. The number of benzene rings is 2. The molecule has 0 saturated heterocycles. The minimum Gasteiger partial charge on any atom is -0.507 e. The summed E-state index contributed by atoms with van der Waals surface area (Å²) in [4.78, 5) is 27.4. The average molecular weight is 494 g/mol. The van der Waals surface area contributed by atoms with Crippen LogP contribution in [0.3, 0.4) is 0 Å². The van der Waals surface area contributed by atoms with Crippen LogP contribution in [0.5, 0.6) is 5.75 Å². The van der Waals surface area contributed by atoms with Crippen LogP contribution in [0.15, 0.2) is 59.4 Å². The van der Waals surface area contributed by atoms with Crippen molar-refractivity contribution in [2.24, 2.45) is 0 Å². The minimum atomic E-state index is -0.528. The van der Waals surface area contributed by atoms with Gasteiger partial charge in [0.1, 0.15) is 5.75 Å². The van der Waals surface area contributed by atoms with E-state index in [9.17, 15) is 20.0 Å². The average Bonchev–Trinajstić information content (AvgIpc) is 2.86. The third-order valence-electron chi connectivity index (χ3n) is 6.24. The summed E-state index contributed by atoms with van der Waals surface area (Å²) in [6.07, 6.45) is 3.88. The fourth-order valence-corrected chi connectivity index (χ4v) is 4.22. The molecule has 1 heterocycles. The molecule has 0 bridgehead atoms. The van der Waals surface area contributed by atoms with E-state index in [-0.39, 0.29) is 22.6 Å².